The summed E-state index contributed by atoms with van der Waals surface area (Å²) in [4.78, 5) is 18.3. The first-order chi connectivity index (χ1) is 14.5. The van der Waals surface area contributed by atoms with E-state index in [1.54, 1.807) is 11.0 Å². The number of nitriles is 1. The second kappa shape index (κ2) is 6.95. The van der Waals surface area contributed by atoms with Crippen molar-refractivity contribution < 1.29 is 9.18 Å². The number of benzene rings is 1. The van der Waals surface area contributed by atoms with Gasteiger partial charge >= 0.3 is 6.03 Å². The number of nitrogens with two attached hydrogens (primary N) is 1. The standard InChI is InChI=1S/C22H19FN6O/c23-17-5-3-14(10-15(17)11-24)18-6-4-13-2-1-8-29-21(20(13)26-18)16-12-28(22(25)30)9-7-19(16)27-29/h3-6,10H,1-2,7-9,12H2,(H2,25,30). The number of hydrogen-bond donors (Lipinski definition) is 1. The average Bonchev–Trinajstić information content (AvgIpc) is 3.01. The third-order valence-corrected chi connectivity index (χ3v) is 5.81. The van der Waals surface area contributed by atoms with E-state index in [1.165, 1.54) is 12.1 Å². The molecule has 0 atom stereocenters. The molecule has 30 heavy (non-hydrogen) atoms. The maximum absolute atomic E-state index is 13.8. The first-order valence-corrected chi connectivity index (χ1v) is 9.88. The van der Waals surface area contributed by atoms with Crippen molar-refractivity contribution in [3.8, 4) is 28.7 Å². The minimum Gasteiger partial charge on any atom is -0.351 e. The van der Waals surface area contributed by atoms with Gasteiger partial charge in [-0.25, -0.2) is 14.2 Å². The van der Waals surface area contributed by atoms with Crippen molar-refractivity contribution in [2.24, 2.45) is 5.73 Å². The second-order valence-corrected chi connectivity index (χ2v) is 7.62. The molecular formula is C22H19FN6O. The fourth-order valence-electron chi connectivity index (χ4n) is 4.29. The number of halogens is 1. The van der Waals surface area contributed by atoms with Gasteiger partial charge in [0, 0.05) is 30.6 Å². The van der Waals surface area contributed by atoms with Crippen LogP contribution in [0.15, 0.2) is 30.3 Å². The monoisotopic (exact) mass is 402 g/mol. The zero-order valence-corrected chi connectivity index (χ0v) is 16.2. The molecule has 5 rings (SSSR count). The van der Waals surface area contributed by atoms with Crippen LogP contribution in [0.3, 0.4) is 0 Å². The predicted octanol–water partition coefficient (Wildman–Crippen LogP) is 3.01. The maximum atomic E-state index is 13.8. The summed E-state index contributed by atoms with van der Waals surface area (Å²) >= 11 is 0. The van der Waals surface area contributed by atoms with Crippen LogP contribution in [-0.2, 0) is 25.9 Å². The van der Waals surface area contributed by atoms with Gasteiger partial charge in [-0.15, -0.1) is 0 Å². The molecular weight excluding hydrogens is 383 g/mol. The molecule has 2 N–H and O–H groups in total. The molecule has 7 nitrogen and oxygen atoms in total. The Morgan fingerprint density at radius 2 is 2.07 bits per heavy atom. The van der Waals surface area contributed by atoms with Gasteiger partial charge in [0.1, 0.15) is 11.9 Å². The fourth-order valence-corrected chi connectivity index (χ4v) is 4.29. The number of amides is 2. The fraction of sp³-hybridized carbons (Fsp3) is 0.273. The van der Waals surface area contributed by atoms with Crippen molar-refractivity contribution in [1.82, 2.24) is 19.7 Å². The number of carbonyl (C=O) groups excluding carboxylic acids is 1. The van der Waals surface area contributed by atoms with Crippen molar-refractivity contribution >= 4 is 6.03 Å². The number of primary amides is 1. The smallest absolute Gasteiger partial charge is 0.315 e. The molecule has 150 valence electrons. The summed E-state index contributed by atoms with van der Waals surface area (Å²) in [5, 5.41) is 13.9. The minimum absolute atomic E-state index is 0.0104. The molecule has 2 amide bonds. The van der Waals surface area contributed by atoms with Crippen LogP contribution in [0.2, 0.25) is 0 Å². The summed E-state index contributed by atoms with van der Waals surface area (Å²) in [6.07, 6.45) is 2.47. The Hall–Kier alpha value is -3.73. The van der Waals surface area contributed by atoms with Gasteiger partial charge in [0.25, 0.3) is 0 Å². The Labute approximate surface area is 172 Å². The first kappa shape index (κ1) is 18.3. The van der Waals surface area contributed by atoms with Gasteiger partial charge in [0.15, 0.2) is 0 Å². The molecule has 3 aromatic rings. The number of carbonyl (C=O) groups is 1. The van der Waals surface area contributed by atoms with E-state index >= 15 is 0 Å². The van der Waals surface area contributed by atoms with E-state index in [4.69, 9.17) is 21.1 Å². The molecule has 0 fully saturated rings. The van der Waals surface area contributed by atoms with E-state index in [1.807, 2.05) is 22.9 Å². The van der Waals surface area contributed by atoms with Gasteiger partial charge in [-0.1, -0.05) is 6.07 Å². The Balaban J connectivity index is 1.66. The topological polar surface area (TPSA) is 101 Å². The first-order valence-electron chi connectivity index (χ1n) is 9.88. The Kier molecular flexibility index (Phi) is 4.24. The van der Waals surface area contributed by atoms with Gasteiger partial charge < -0.3 is 10.6 Å². The highest BCUT2D eigenvalue weighted by molar-refractivity contribution is 5.74. The molecule has 2 aliphatic rings. The summed E-state index contributed by atoms with van der Waals surface area (Å²) in [6.45, 7) is 1.76. The summed E-state index contributed by atoms with van der Waals surface area (Å²) < 4.78 is 15.8. The van der Waals surface area contributed by atoms with E-state index in [0.717, 1.165) is 47.6 Å². The maximum Gasteiger partial charge on any atom is 0.315 e. The van der Waals surface area contributed by atoms with E-state index in [9.17, 15) is 9.18 Å². The Morgan fingerprint density at radius 1 is 1.20 bits per heavy atom. The number of urea groups is 1. The number of aryl methyl sites for hydroxylation is 2. The summed E-state index contributed by atoms with van der Waals surface area (Å²) in [7, 11) is 0. The van der Waals surface area contributed by atoms with Gasteiger partial charge in [0.05, 0.1) is 34.9 Å². The Morgan fingerprint density at radius 3 is 2.87 bits per heavy atom. The second-order valence-electron chi connectivity index (χ2n) is 7.62. The number of nitrogens with zero attached hydrogens (tertiary/aromatic N) is 5. The van der Waals surface area contributed by atoms with Crippen LogP contribution >= 0.6 is 0 Å². The number of hydrogen-bond acceptors (Lipinski definition) is 4. The number of rotatable bonds is 1. The van der Waals surface area contributed by atoms with Crippen LogP contribution in [0, 0.1) is 17.1 Å². The van der Waals surface area contributed by atoms with Crippen LogP contribution in [0.1, 0.15) is 28.8 Å². The molecule has 0 spiro atoms. The van der Waals surface area contributed by atoms with Crippen LogP contribution in [-0.4, -0.2) is 32.2 Å². The highest BCUT2D eigenvalue weighted by atomic mass is 19.1. The van der Waals surface area contributed by atoms with E-state index in [0.29, 0.717) is 30.8 Å². The van der Waals surface area contributed by atoms with Crippen molar-refractivity contribution in [3.05, 3.63) is 58.5 Å². The lowest BCUT2D eigenvalue weighted by molar-refractivity contribution is 0.202. The summed E-state index contributed by atoms with van der Waals surface area (Å²) in [6, 6.07) is 9.82. The van der Waals surface area contributed by atoms with E-state index in [-0.39, 0.29) is 5.56 Å². The predicted molar refractivity (Wildman–Crippen MR) is 108 cm³/mol. The Bertz CT molecular complexity index is 1230. The van der Waals surface area contributed by atoms with Crippen molar-refractivity contribution in [2.45, 2.75) is 32.4 Å². The van der Waals surface area contributed by atoms with Gasteiger partial charge in [-0.3, -0.25) is 4.68 Å². The molecule has 0 saturated heterocycles. The molecule has 1 aromatic carbocycles. The number of aromatic nitrogens is 3. The molecule has 0 bridgehead atoms. The molecule has 0 unspecified atom stereocenters. The van der Waals surface area contributed by atoms with Crippen molar-refractivity contribution in [3.63, 3.8) is 0 Å². The molecule has 2 aromatic heterocycles. The van der Waals surface area contributed by atoms with Crippen LogP contribution in [0.5, 0.6) is 0 Å². The largest absolute Gasteiger partial charge is 0.351 e. The lowest BCUT2D eigenvalue weighted by Gasteiger charge is -2.25. The zero-order chi connectivity index (χ0) is 20.8. The molecule has 8 heteroatoms. The van der Waals surface area contributed by atoms with Gasteiger partial charge in [-0.05, 0) is 42.7 Å². The zero-order valence-electron chi connectivity index (χ0n) is 16.2. The molecule has 0 saturated carbocycles. The quantitative estimate of drug-likeness (QED) is 0.676. The number of fused-ring (bicyclic) bond motifs is 5. The lowest BCUT2D eigenvalue weighted by Crippen LogP contribution is -2.39. The highest BCUT2D eigenvalue weighted by Crippen LogP contribution is 2.35. The van der Waals surface area contributed by atoms with E-state index < -0.39 is 11.8 Å². The molecule has 4 heterocycles. The third-order valence-electron chi connectivity index (χ3n) is 5.81. The molecule has 2 aliphatic heterocycles. The minimum atomic E-state index is -0.547. The SMILES string of the molecule is N#Cc1cc(-c2ccc3c(n2)-c2c4c(nn2CCC3)CCN(C(N)=O)C4)ccc1F. The lowest BCUT2D eigenvalue weighted by atomic mass is 9.99. The van der Waals surface area contributed by atoms with Crippen LogP contribution in [0.4, 0.5) is 9.18 Å². The van der Waals surface area contributed by atoms with Gasteiger partial charge in [0.2, 0.25) is 0 Å². The summed E-state index contributed by atoms with van der Waals surface area (Å²) in [5.41, 5.74) is 11.7. The summed E-state index contributed by atoms with van der Waals surface area (Å²) in [5.74, 6) is -0.547. The van der Waals surface area contributed by atoms with Crippen molar-refractivity contribution in [2.75, 3.05) is 6.54 Å². The third kappa shape index (κ3) is 2.90. The normalized spacial score (nSPS) is 14.9. The average molecular weight is 402 g/mol. The molecule has 0 aliphatic carbocycles. The van der Waals surface area contributed by atoms with Gasteiger partial charge in [-0.2, -0.15) is 10.4 Å². The molecule has 0 radical (unpaired) electrons. The number of pyridine rings is 1. The van der Waals surface area contributed by atoms with Crippen molar-refractivity contribution in [1.29, 1.82) is 5.26 Å². The van der Waals surface area contributed by atoms with Crippen LogP contribution in [0.25, 0.3) is 22.6 Å². The van der Waals surface area contributed by atoms with Crippen LogP contribution < -0.4 is 5.73 Å². The van der Waals surface area contributed by atoms with E-state index in [2.05, 4.69) is 0 Å². The highest BCUT2D eigenvalue weighted by Gasteiger charge is 2.30.